The number of amides is 1. The fourth-order valence-electron chi connectivity index (χ4n) is 1.51. The van der Waals surface area contributed by atoms with Crippen LogP contribution in [0.3, 0.4) is 0 Å². The van der Waals surface area contributed by atoms with Crippen LogP contribution in [0.4, 0.5) is 0 Å². The van der Waals surface area contributed by atoms with Gasteiger partial charge in [-0.3, -0.25) is 4.79 Å². The molecule has 0 saturated carbocycles. The van der Waals surface area contributed by atoms with Gasteiger partial charge in [-0.2, -0.15) is 0 Å². The molecule has 0 aliphatic heterocycles. The zero-order chi connectivity index (χ0) is 12.8. The van der Waals surface area contributed by atoms with Crippen LogP contribution in [0.1, 0.15) is 24.9 Å². The molecule has 1 aromatic carbocycles. The number of carbonyl (C=O) groups excluding carboxylic acids is 1. The second-order valence-electron chi connectivity index (χ2n) is 4.27. The van der Waals surface area contributed by atoms with Crippen LogP contribution in [0, 0.1) is 0 Å². The summed E-state index contributed by atoms with van der Waals surface area (Å²) in [5, 5.41) is 3.34. The molecule has 0 bridgehead atoms. The smallest absolute Gasteiger partial charge is 0.223 e. The monoisotopic (exact) mass is 298 g/mol. The normalized spacial score (nSPS) is 12.2. The molecule has 94 valence electrons. The van der Waals surface area contributed by atoms with Crippen LogP contribution in [0.5, 0.6) is 0 Å². The van der Waals surface area contributed by atoms with Gasteiger partial charge in [0.05, 0.1) is 0 Å². The van der Waals surface area contributed by atoms with Crippen molar-refractivity contribution in [2.24, 2.45) is 0 Å². The zero-order valence-corrected chi connectivity index (χ0v) is 12.1. The Labute approximate surface area is 111 Å². The topological polar surface area (TPSA) is 32.3 Å². The highest BCUT2D eigenvalue weighted by atomic mass is 79.9. The predicted octanol–water partition coefficient (Wildman–Crippen LogP) is 2.58. The summed E-state index contributed by atoms with van der Waals surface area (Å²) in [6.45, 7) is 2.80. The molecule has 0 heterocycles. The van der Waals surface area contributed by atoms with Gasteiger partial charge in [0.25, 0.3) is 0 Å². The number of benzene rings is 1. The van der Waals surface area contributed by atoms with E-state index in [-0.39, 0.29) is 11.9 Å². The molecule has 1 aromatic rings. The minimum absolute atomic E-state index is 0.152. The molecule has 0 unspecified atom stereocenters. The minimum atomic E-state index is 0.152. The number of halogens is 1. The van der Waals surface area contributed by atoms with Crippen LogP contribution in [-0.2, 0) is 4.79 Å². The lowest BCUT2D eigenvalue weighted by Crippen LogP contribution is -2.28. The van der Waals surface area contributed by atoms with E-state index >= 15 is 0 Å². The maximum absolute atomic E-state index is 11.4. The van der Waals surface area contributed by atoms with Gasteiger partial charge in [0.15, 0.2) is 0 Å². The van der Waals surface area contributed by atoms with Crippen molar-refractivity contribution in [3.05, 3.63) is 34.3 Å². The van der Waals surface area contributed by atoms with Gasteiger partial charge in [-0.05, 0) is 24.6 Å². The van der Waals surface area contributed by atoms with E-state index in [1.165, 1.54) is 5.56 Å². The SMILES string of the molecule is C[C@H](NCCC(=O)N(C)C)c1cccc(Br)c1. The van der Waals surface area contributed by atoms with Gasteiger partial charge in [0.2, 0.25) is 5.91 Å². The van der Waals surface area contributed by atoms with Gasteiger partial charge in [-0.1, -0.05) is 28.1 Å². The largest absolute Gasteiger partial charge is 0.349 e. The second-order valence-corrected chi connectivity index (χ2v) is 5.18. The number of rotatable bonds is 5. The molecule has 0 radical (unpaired) electrons. The van der Waals surface area contributed by atoms with Crippen molar-refractivity contribution in [1.29, 1.82) is 0 Å². The van der Waals surface area contributed by atoms with Crippen molar-refractivity contribution in [3.8, 4) is 0 Å². The lowest BCUT2D eigenvalue weighted by atomic mass is 10.1. The van der Waals surface area contributed by atoms with E-state index in [4.69, 9.17) is 0 Å². The first-order valence-corrected chi connectivity index (χ1v) is 6.49. The van der Waals surface area contributed by atoms with Gasteiger partial charge >= 0.3 is 0 Å². The molecule has 1 atom stereocenters. The van der Waals surface area contributed by atoms with Crippen LogP contribution in [0.2, 0.25) is 0 Å². The van der Waals surface area contributed by atoms with E-state index in [0.717, 1.165) is 4.47 Å². The van der Waals surface area contributed by atoms with Crippen LogP contribution in [0.25, 0.3) is 0 Å². The van der Waals surface area contributed by atoms with Crippen molar-refractivity contribution >= 4 is 21.8 Å². The van der Waals surface area contributed by atoms with E-state index in [0.29, 0.717) is 13.0 Å². The molecule has 17 heavy (non-hydrogen) atoms. The standard InChI is InChI=1S/C13H19BrN2O/c1-10(11-5-4-6-12(14)9-11)15-8-7-13(17)16(2)3/h4-6,9-10,15H,7-8H2,1-3H3/t10-/m0/s1. The summed E-state index contributed by atoms with van der Waals surface area (Å²) in [6, 6.07) is 8.44. The molecular weight excluding hydrogens is 280 g/mol. The third-order valence-corrected chi connectivity index (χ3v) is 3.13. The molecule has 0 aliphatic rings. The Morgan fingerprint density at radius 3 is 2.76 bits per heavy atom. The minimum Gasteiger partial charge on any atom is -0.349 e. The van der Waals surface area contributed by atoms with Crippen molar-refractivity contribution in [2.45, 2.75) is 19.4 Å². The second kappa shape index (κ2) is 6.77. The first-order valence-electron chi connectivity index (χ1n) is 5.69. The average molecular weight is 299 g/mol. The molecule has 3 nitrogen and oxygen atoms in total. The zero-order valence-electron chi connectivity index (χ0n) is 10.5. The van der Waals surface area contributed by atoms with Gasteiger partial charge in [-0.25, -0.2) is 0 Å². The number of nitrogens with zero attached hydrogens (tertiary/aromatic N) is 1. The molecule has 4 heteroatoms. The fourth-order valence-corrected chi connectivity index (χ4v) is 1.93. The maximum Gasteiger partial charge on any atom is 0.223 e. The van der Waals surface area contributed by atoms with E-state index < -0.39 is 0 Å². The molecular formula is C13H19BrN2O. The molecule has 1 N–H and O–H groups in total. The Bertz CT molecular complexity index is 379. The van der Waals surface area contributed by atoms with Crippen LogP contribution in [-0.4, -0.2) is 31.4 Å². The Morgan fingerprint density at radius 1 is 1.47 bits per heavy atom. The summed E-state index contributed by atoms with van der Waals surface area (Å²) in [5.74, 6) is 0.152. The van der Waals surface area contributed by atoms with Crippen LogP contribution >= 0.6 is 15.9 Å². The highest BCUT2D eigenvalue weighted by Crippen LogP contribution is 2.17. The van der Waals surface area contributed by atoms with Gasteiger partial charge in [0.1, 0.15) is 0 Å². The van der Waals surface area contributed by atoms with Crippen molar-refractivity contribution in [3.63, 3.8) is 0 Å². The van der Waals surface area contributed by atoms with E-state index in [1.807, 2.05) is 12.1 Å². The summed E-state index contributed by atoms with van der Waals surface area (Å²) in [5.41, 5.74) is 1.22. The number of hydrogen-bond acceptors (Lipinski definition) is 2. The summed E-state index contributed by atoms with van der Waals surface area (Å²) in [7, 11) is 3.56. The summed E-state index contributed by atoms with van der Waals surface area (Å²) < 4.78 is 1.08. The summed E-state index contributed by atoms with van der Waals surface area (Å²) in [4.78, 5) is 13.0. The number of nitrogens with one attached hydrogen (secondary N) is 1. The lowest BCUT2D eigenvalue weighted by molar-refractivity contribution is -0.128. The molecule has 1 amide bonds. The fraction of sp³-hybridized carbons (Fsp3) is 0.462. The van der Waals surface area contributed by atoms with Crippen molar-refractivity contribution < 1.29 is 4.79 Å². The quantitative estimate of drug-likeness (QED) is 0.906. The van der Waals surface area contributed by atoms with Gasteiger partial charge in [0, 0.05) is 37.6 Å². The highest BCUT2D eigenvalue weighted by molar-refractivity contribution is 9.10. The van der Waals surface area contributed by atoms with E-state index in [1.54, 1.807) is 19.0 Å². The van der Waals surface area contributed by atoms with E-state index in [2.05, 4.69) is 40.3 Å². The summed E-state index contributed by atoms with van der Waals surface area (Å²) >= 11 is 3.45. The van der Waals surface area contributed by atoms with Gasteiger partial charge < -0.3 is 10.2 Å². The number of carbonyl (C=O) groups is 1. The molecule has 0 aromatic heterocycles. The average Bonchev–Trinajstić information content (AvgIpc) is 2.28. The Balaban J connectivity index is 2.40. The highest BCUT2D eigenvalue weighted by Gasteiger charge is 2.07. The van der Waals surface area contributed by atoms with Crippen LogP contribution < -0.4 is 5.32 Å². The first kappa shape index (κ1) is 14.2. The molecule has 0 spiro atoms. The Kier molecular flexibility index (Phi) is 5.65. The first-order chi connectivity index (χ1) is 8.00. The Hall–Kier alpha value is -0.870. The third-order valence-electron chi connectivity index (χ3n) is 2.64. The summed E-state index contributed by atoms with van der Waals surface area (Å²) in [6.07, 6.45) is 0.533. The van der Waals surface area contributed by atoms with Gasteiger partial charge in [-0.15, -0.1) is 0 Å². The maximum atomic E-state index is 11.4. The third kappa shape index (κ3) is 4.88. The number of hydrogen-bond donors (Lipinski definition) is 1. The molecule has 0 fully saturated rings. The van der Waals surface area contributed by atoms with Crippen molar-refractivity contribution in [2.75, 3.05) is 20.6 Å². The van der Waals surface area contributed by atoms with E-state index in [9.17, 15) is 4.79 Å². The molecule has 0 saturated heterocycles. The molecule has 1 rings (SSSR count). The molecule has 0 aliphatic carbocycles. The van der Waals surface area contributed by atoms with Crippen molar-refractivity contribution in [1.82, 2.24) is 10.2 Å². The Morgan fingerprint density at radius 2 is 2.18 bits per heavy atom. The van der Waals surface area contributed by atoms with Crippen LogP contribution in [0.15, 0.2) is 28.7 Å². The predicted molar refractivity (Wildman–Crippen MR) is 73.9 cm³/mol. The lowest BCUT2D eigenvalue weighted by Gasteiger charge is -2.15.